The van der Waals surface area contributed by atoms with Gasteiger partial charge in [-0.15, -0.1) is 0 Å². The molecule has 0 amide bonds. The van der Waals surface area contributed by atoms with Crippen molar-refractivity contribution in [3.05, 3.63) is 17.2 Å². The number of rotatable bonds is 1. The first kappa shape index (κ1) is 10.2. The number of nitrogens with zero attached hydrogens (tertiary/aromatic N) is 1. The average molecular weight is 170 g/mol. The molecule has 1 rings (SSSR count). The predicted octanol–water partition coefficient (Wildman–Crippen LogP) is 2.70. The molecule has 1 aromatic rings. The number of nitrogens with two attached hydrogens (primary N) is 1. The van der Waals surface area contributed by atoms with Crippen LogP contribution in [0.4, 0.5) is 5.13 Å². The van der Waals surface area contributed by atoms with Gasteiger partial charge in [0.2, 0.25) is 0 Å². The molecule has 3 heteroatoms. The van der Waals surface area contributed by atoms with Crippen LogP contribution in [0.25, 0.3) is 6.08 Å². The van der Waals surface area contributed by atoms with E-state index in [9.17, 15) is 0 Å². The van der Waals surface area contributed by atoms with Crippen molar-refractivity contribution in [1.29, 1.82) is 0 Å². The van der Waals surface area contributed by atoms with Gasteiger partial charge < -0.3 is 5.73 Å². The van der Waals surface area contributed by atoms with Crippen molar-refractivity contribution in [2.75, 3.05) is 5.73 Å². The summed E-state index contributed by atoms with van der Waals surface area (Å²) in [6, 6.07) is 0. The van der Waals surface area contributed by atoms with Crippen LogP contribution in [0.2, 0.25) is 0 Å². The molecule has 11 heavy (non-hydrogen) atoms. The lowest BCUT2D eigenvalue weighted by atomic mass is 10.4. The highest BCUT2D eigenvalue weighted by Gasteiger charge is 1.98. The topological polar surface area (TPSA) is 38.9 Å². The molecule has 1 heterocycles. The van der Waals surface area contributed by atoms with E-state index >= 15 is 0 Å². The van der Waals surface area contributed by atoms with Gasteiger partial charge >= 0.3 is 0 Å². The number of aryl methyl sites for hydroxylation is 1. The molecule has 0 unspecified atom stereocenters. The number of thiazole rings is 1. The predicted molar refractivity (Wildman–Crippen MR) is 52.7 cm³/mol. The third-order valence-electron chi connectivity index (χ3n) is 1.03. The molecule has 2 nitrogen and oxygen atoms in total. The lowest BCUT2D eigenvalue weighted by Crippen LogP contribution is -1.80. The van der Waals surface area contributed by atoms with Crippen molar-refractivity contribution < 1.29 is 0 Å². The van der Waals surface area contributed by atoms with Crippen LogP contribution in [0.15, 0.2) is 6.58 Å². The summed E-state index contributed by atoms with van der Waals surface area (Å²) < 4.78 is 0. The lowest BCUT2D eigenvalue weighted by Gasteiger charge is -1.80. The minimum absolute atomic E-state index is 0.613. The molecular weight excluding hydrogens is 156 g/mol. The van der Waals surface area contributed by atoms with Crippen LogP contribution < -0.4 is 5.73 Å². The molecule has 0 bridgehead atoms. The fourth-order valence-corrected chi connectivity index (χ4v) is 1.30. The molecular formula is C8H14N2S. The van der Waals surface area contributed by atoms with E-state index < -0.39 is 0 Å². The second-order valence-corrected chi connectivity index (χ2v) is 2.77. The zero-order valence-electron chi connectivity index (χ0n) is 7.22. The zero-order valence-corrected chi connectivity index (χ0v) is 8.03. The molecule has 0 aliphatic carbocycles. The van der Waals surface area contributed by atoms with Crippen molar-refractivity contribution in [1.82, 2.24) is 4.98 Å². The van der Waals surface area contributed by atoms with E-state index in [1.165, 1.54) is 11.3 Å². The molecule has 0 aliphatic heterocycles. The fraction of sp³-hybridized carbons (Fsp3) is 0.375. The highest BCUT2D eigenvalue weighted by atomic mass is 32.1. The minimum Gasteiger partial charge on any atom is -0.375 e. The van der Waals surface area contributed by atoms with Crippen LogP contribution in [0.3, 0.4) is 0 Å². The number of nitrogen functional groups attached to an aromatic ring is 1. The van der Waals surface area contributed by atoms with Gasteiger partial charge in [-0.05, 0) is 6.92 Å². The molecule has 62 valence electrons. The summed E-state index contributed by atoms with van der Waals surface area (Å²) in [5.41, 5.74) is 6.38. The first-order chi connectivity index (χ1) is 5.24. The van der Waals surface area contributed by atoms with Gasteiger partial charge in [-0.25, -0.2) is 4.98 Å². The summed E-state index contributed by atoms with van der Waals surface area (Å²) >= 11 is 1.46. The SMILES string of the molecule is C=Cc1sc(N)nc1C.CC. The maximum atomic E-state index is 5.41. The van der Waals surface area contributed by atoms with E-state index in [2.05, 4.69) is 11.6 Å². The summed E-state index contributed by atoms with van der Waals surface area (Å²) in [6.45, 7) is 9.54. The Morgan fingerprint density at radius 3 is 2.27 bits per heavy atom. The quantitative estimate of drug-likeness (QED) is 0.703. The zero-order chi connectivity index (χ0) is 8.85. The molecule has 0 fully saturated rings. The molecule has 0 atom stereocenters. The second-order valence-electron chi connectivity index (χ2n) is 1.71. The van der Waals surface area contributed by atoms with Crippen molar-refractivity contribution in [3.8, 4) is 0 Å². The van der Waals surface area contributed by atoms with E-state index in [1.54, 1.807) is 6.08 Å². The second kappa shape index (κ2) is 4.91. The molecule has 0 aromatic carbocycles. The third-order valence-corrected chi connectivity index (χ3v) is 2.02. The van der Waals surface area contributed by atoms with Gasteiger partial charge in [-0.1, -0.05) is 37.8 Å². The third kappa shape index (κ3) is 2.72. The Labute approximate surface area is 71.8 Å². The first-order valence-electron chi connectivity index (χ1n) is 3.59. The molecule has 0 aliphatic rings. The first-order valence-corrected chi connectivity index (χ1v) is 4.41. The minimum atomic E-state index is 0.613. The molecule has 0 saturated heterocycles. The van der Waals surface area contributed by atoms with Crippen LogP contribution in [-0.2, 0) is 0 Å². The summed E-state index contributed by atoms with van der Waals surface area (Å²) in [6.07, 6.45) is 1.77. The molecule has 0 saturated carbocycles. The highest BCUT2D eigenvalue weighted by molar-refractivity contribution is 7.16. The maximum Gasteiger partial charge on any atom is 0.180 e. The lowest BCUT2D eigenvalue weighted by molar-refractivity contribution is 1.27. The molecule has 0 spiro atoms. The smallest absolute Gasteiger partial charge is 0.180 e. The van der Waals surface area contributed by atoms with Crippen molar-refractivity contribution in [2.45, 2.75) is 20.8 Å². The van der Waals surface area contributed by atoms with Crippen molar-refractivity contribution >= 4 is 22.5 Å². The monoisotopic (exact) mass is 170 g/mol. The van der Waals surface area contributed by atoms with Gasteiger partial charge in [-0.2, -0.15) is 0 Å². The molecule has 1 aromatic heterocycles. The van der Waals surface area contributed by atoms with Gasteiger partial charge in [0.25, 0.3) is 0 Å². The van der Waals surface area contributed by atoms with Gasteiger partial charge in [0, 0.05) is 0 Å². The molecule has 0 radical (unpaired) electrons. The Morgan fingerprint density at radius 1 is 1.55 bits per heavy atom. The number of hydrogen-bond donors (Lipinski definition) is 1. The molecule has 2 N–H and O–H groups in total. The summed E-state index contributed by atoms with van der Waals surface area (Å²) in [5.74, 6) is 0. The Morgan fingerprint density at radius 2 is 2.09 bits per heavy atom. The van der Waals surface area contributed by atoms with E-state index in [0.29, 0.717) is 5.13 Å². The highest BCUT2D eigenvalue weighted by Crippen LogP contribution is 2.19. The van der Waals surface area contributed by atoms with E-state index in [0.717, 1.165) is 10.6 Å². The number of aromatic nitrogens is 1. The van der Waals surface area contributed by atoms with Crippen molar-refractivity contribution in [2.24, 2.45) is 0 Å². The van der Waals surface area contributed by atoms with Gasteiger partial charge in [0.05, 0.1) is 10.6 Å². The van der Waals surface area contributed by atoms with Crippen LogP contribution in [-0.4, -0.2) is 4.98 Å². The average Bonchev–Trinajstić information content (AvgIpc) is 2.33. The Bertz CT molecular complexity index is 228. The number of hydrogen-bond acceptors (Lipinski definition) is 3. The summed E-state index contributed by atoms with van der Waals surface area (Å²) in [7, 11) is 0. The Hall–Kier alpha value is -0.830. The summed E-state index contributed by atoms with van der Waals surface area (Å²) in [5, 5.41) is 0.613. The number of anilines is 1. The van der Waals surface area contributed by atoms with Gasteiger partial charge in [-0.3, -0.25) is 0 Å². The summed E-state index contributed by atoms with van der Waals surface area (Å²) in [4.78, 5) is 5.07. The normalized spacial score (nSPS) is 8.27. The van der Waals surface area contributed by atoms with E-state index in [4.69, 9.17) is 5.73 Å². The van der Waals surface area contributed by atoms with Gasteiger partial charge in [0.15, 0.2) is 5.13 Å². The Kier molecular flexibility index (Phi) is 4.54. The largest absolute Gasteiger partial charge is 0.375 e. The van der Waals surface area contributed by atoms with Crippen molar-refractivity contribution in [3.63, 3.8) is 0 Å². The van der Waals surface area contributed by atoms with E-state index in [-0.39, 0.29) is 0 Å². The van der Waals surface area contributed by atoms with Crippen LogP contribution >= 0.6 is 11.3 Å². The Balaban J connectivity index is 0.000000461. The standard InChI is InChI=1S/C6H8N2S.C2H6/c1-3-5-4(2)8-6(7)9-5;1-2/h3H,1H2,2H3,(H2,7,8);1-2H3. The van der Waals surface area contributed by atoms with Crippen LogP contribution in [0, 0.1) is 6.92 Å². The van der Waals surface area contributed by atoms with Crippen LogP contribution in [0.1, 0.15) is 24.4 Å². The van der Waals surface area contributed by atoms with E-state index in [1.807, 2.05) is 20.8 Å². The fourth-order valence-electron chi connectivity index (χ4n) is 0.619. The van der Waals surface area contributed by atoms with Gasteiger partial charge in [0.1, 0.15) is 0 Å². The van der Waals surface area contributed by atoms with Crippen LogP contribution in [0.5, 0.6) is 0 Å². The maximum absolute atomic E-state index is 5.41.